The van der Waals surface area contributed by atoms with E-state index in [1.165, 1.54) is 0 Å². The summed E-state index contributed by atoms with van der Waals surface area (Å²) >= 11 is 5.93. The molecule has 0 saturated heterocycles. The quantitative estimate of drug-likeness (QED) is 0.497. The van der Waals surface area contributed by atoms with Crippen LogP contribution in [0.3, 0.4) is 0 Å². The lowest BCUT2D eigenvalue weighted by molar-refractivity contribution is -0.385. The van der Waals surface area contributed by atoms with E-state index in [4.69, 9.17) is 11.6 Å². The second-order valence-electron chi connectivity index (χ2n) is 4.01. The largest absolute Gasteiger partial charge is 0.350 e. The third-order valence-corrected chi connectivity index (χ3v) is 2.86. The number of amides is 1. The fourth-order valence-corrected chi connectivity index (χ4v) is 1.86. The molecular weight excluding hydrogens is 275 g/mol. The number of rotatable bonds is 6. The standard InChI is InChI=1S/C12H14ClFN2O3/c1-2-3-8(13)7-15-12(17)10-5-4-9(14)6-11(10)16(18)19/h4-6,8H,2-3,7H2,1H3,(H,15,17). The minimum atomic E-state index is -0.789. The first-order valence-corrected chi connectivity index (χ1v) is 6.25. The fraction of sp³-hybridized carbons (Fsp3) is 0.417. The van der Waals surface area contributed by atoms with E-state index >= 15 is 0 Å². The highest BCUT2D eigenvalue weighted by molar-refractivity contribution is 6.21. The van der Waals surface area contributed by atoms with Gasteiger partial charge in [-0.15, -0.1) is 11.6 Å². The number of hydrogen-bond donors (Lipinski definition) is 1. The maximum atomic E-state index is 12.9. The van der Waals surface area contributed by atoms with Crippen molar-refractivity contribution in [2.24, 2.45) is 0 Å². The van der Waals surface area contributed by atoms with Crippen molar-refractivity contribution >= 4 is 23.2 Å². The maximum absolute atomic E-state index is 12.9. The fourth-order valence-electron chi connectivity index (χ4n) is 1.56. The Morgan fingerprint density at radius 2 is 2.26 bits per heavy atom. The van der Waals surface area contributed by atoms with E-state index in [2.05, 4.69) is 5.32 Å². The number of nitro benzene ring substituents is 1. The molecule has 0 aliphatic heterocycles. The molecule has 0 bridgehead atoms. The van der Waals surface area contributed by atoms with Crippen molar-refractivity contribution < 1.29 is 14.1 Å². The SMILES string of the molecule is CCCC(Cl)CNC(=O)c1ccc(F)cc1[N+](=O)[O-]. The zero-order valence-corrected chi connectivity index (χ0v) is 11.1. The molecule has 1 amide bonds. The van der Waals surface area contributed by atoms with Crippen molar-refractivity contribution in [3.63, 3.8) is 0 Å². The van der Waals surface area contributed by atoms with Crippen LogP contribution >= 0.6 is 11.6 Å². The molecule has 0 aromatic heterocycles. The Hall–Kier alpha value is -1.69. The third kappa shape index (κ3) is 4.48. The van der Waals surface area contributed by atoms with Crippen molar-refractivity contribution in [3.05, 3.63) is 39.7 Å². The summed E-state index contributed by atoms with van der Waals surface area (Å²) in [5.41, 5.74) is -0.731. The Bertz CT molecular complexity index is 482. The molecule has 104 valence electrons. The smallest absolute Gasteiger partial charge is 0.285 e. The lowest BCUT2D eigenvalue weighted by Gasteiger charge is -2.09. The molecule has 1 unspecified atom stereocenters. The Balaban J connectivity index is 2.79. The molecule has 1 aromatic carbocycles. The Morgan fingerprint density at radius 1 is 1.58 bits per heavy atom. The average molecular weight is 289 g/mol. The second-order valence-corrected chi connectivity index (χ2v) is 4.63. The number of carbonyl (C=O) groups excluding carboxylic acids is 1. The van der Waals surface area contributed by atoms with Gasteiger partial charge in [0.2, 0.25) is 0 Å². The van der Waals surface area contributed by atoms with E-state index in [1.807, 2.05) is 6.92 Å². The molecule has 5 nitrogen and oxygen atoms in total. The predicted octanol–water partition coefficient (Wildman–Crippen LogP) is 2.87. The molecule has 19 heavy (non-hydrogen) atoms. The average Bonchev–Trinajstić information content (AvgIpc) is 2.36. The van der Waals surface area contributed by atoms with Crippen LogP contribution in [0.25, 0.3) is 0 Å². The lowest BCUT2D eigenvalue weighted by Crippen LogP contribution is -2.30. The molecule has 0 aliphatic carbocycles. The van der Waals surface area contributed by atoms with Crippen molar-refractivity contribution in [2.75, 3.05) is 6.54 Å². The van der Waals surface area contributed by atoms with Gasteiger partial charge in [0.05, 0.1) is 16.4 Å². The van der Waals surface area contributed by atoms with Crippen LogP contribution in [0.15, 0.2) is 18.2 Å². The number of hydrogen-bond acceptors (Lipinski definition) is 3. The van der Waals surface area contributed by atoms with Crippen LogP contribution in [-0.2, 0) is 0 Å². The summed E-state index contributed by atoms with van der Waals surface area (Å²) in [4.78, 5) is 21.8. The van der Waals surface area contributed by atoms with Crippen LogP contribution in [0.5, 0.6) is 0 Å². The summed E-state index contributed by atoms with van der Waals surface area (Å²) in [5, 5.41) is 13.0. The van der Waals surface area contributed by atoms with Crippen LogP contribution < -0.4 is 5.32 Å². The number of nitrogens with one attached hydrogen (secondary N) is 1. The zero-order chi connectivity index (χ0) is 14.4. The molecule has 1 N–H and O–H groups in total. The molecule has 0 fully saturated rings. The summed E-state index contributed by atoms with van der Waals surface area (Å²) in [6, 6.07) is 2.82. The highest BCUT2D eigenvalue weighted by Gasteiger charge is 2.21. The number of benzene rings is 1. The molecule has 0 saturated carbocycles. The van der Waals surface area contributed by atoms with Crippen LogP contribution in [0, 0.1) is 15.9 Å². The Labute approximate surface area is 114 Å². The monoisotopic (exact) mass is 288 g/mol. The van der Waals surface area contributed by atoms with Gasteiger partial charge in [-0.05, 0) is 18.6 Å². The first kappa shape index (κ1) is 15.4. The summed E-state index contributed by atoms with van der Waals surface area (Å²) in [7, 11) is 0. The van der Waals surface area contributed by atoms with Crippen LogP contribution in [-0.4, -0.2) is 22.8 Å². The molecule has 0 spiro atoms. The highest BCUT2D eigenvalue weighted by Crippen LogP contribution is 2.19. The van der Waals surface area contributed by atoms with Crippen molar-refractivity contribution in [2.45, 2.75) is 25.1 Å². The van der Waals surface area contributed by atoms with Crippen LogP contribution in [0.1, 0.15) is 30.1 Å². The summed E-state index contributed by atoms with van der Waals surface area (Å²) < 4.78 is 12.9. The zero-order valence-electron chi connectivity index (χ0n) is 10.4. The van der Waals surface area contributed by atoms with Crippen molar-refractivity contribution in [3.8, 4) is 0 Å². The normalized spacial score (nSPS) is 11.9. The van der Waals surface area contributed by atoms with E-state index in [1.54, 1.807) is 0 Å². The van der Waals surface area contributed by atoms with Gasteiger partial charge in [0.1, 0.15) is 11.4 Å². The van der Waals surface area contributed by atoms with E-state index in [0.29, 0.717) is 0 Å². The first-order chi connectivity index (χ1) is 8.95. The number of nitrogens with zero attached hydrogens (tertiary/aromatic N) is 1. The summed E-state index contributed by atoms with van der Waals surface area (Å²) in [5.74, 6) is -1.39. The lowest BCUT2D eigenvalue weighted by atomic mass is 10.1. The van der Waals surface area contributed by atoms with Gasteiger partial charge in [-0.1, -0.05) is 13.3 Å². The number of nitro groups is 1. The predicted molar refractivity (Wildman–Crippen MR) is 69.9 cm³/mol. The van der Waals surface area contributed by atoms with Gasteiger partial charge in [0.15, 0.2) is 0 Å². The maximum Gasteiger partial charge on any atom is 0.285 e. The molecule has 0 heterocycles. The Kier molecular flexibility index (Phi) is 5.69. The number of alkyl halides is 1. The van der Waals surface area contributed by atoms with Crippen LogP contribution in [0.2, 0.25) is 0 Å². The highest BCUT2D eigenvalue weighted by atomic mass is 35.5. The van der Waals surface area contributed by atoms with Gasteiger partial charge in [0, 0.05) is 6.54 Å². The van der Waals surface area contributed by atoms with Gasteiger partial charge in [-0.2, -0.15) is 0 Å². The van der Waals surface area contributed by atoms with Crippen molar-refractivity contribution in [1.29, 1.82) is 0 Å². The van der Waals surface area contributed by atoms with Gasteiger partial charge in [0.25, 0.3) is 11.6 Å². The molecule has 1 aromatic rings. The van der Waals surface area contributed by atoms with Crippen molar-refractivity contribution in [1.82, 2.24) is 5.32 Å². The minimum absolute atomic E-state index is 0.174. The molecule has 0 aliphatic rings. The molecule has 7 heteroatoms. The third-order valence-electron chi connectivity index (χ3n) is 2.49. The van der Waals surface area contributed by atoms with Gasteiger partial charge < -0.3 is 5.32 Å². The molecule has 0 radical (unpaired) electrons. The van der Waals surface area contributed by atoms with Gasteiger partial charge >= 0.3 is 0 Å². The molecule has 1 atom stereocenters. The molecular formula is C12H14ClFN2O3. The van der Waals surface area contributed by atoms with Gasteiger partial charge in [-0.3, -0.25) is 14.9 Å². The minimum Gasteiger partial charge on any atom is -0.350 e. The topological polar surface area (TPSA) is 72.2 Å². The Morgan fingerprint density at radius 3 is 2.84 bits per heavy atom. The number of halogens is 2. The number of carbonyl (C=O) groups is 1. The summed E-state index contributed by atoms with van der Waals surface area (Å²) in [6.07, 6.45) is 1.61. The van der Waals surface area contributed by atoms with Crippen LogP contribution in [0.4, 0.5) is 10.1 Å². The summed E-state index contributed by atoms with van der Waals surface area (Å²) in [6.45, 7) is 2.17. The van der Waals surface area contributed by atoms with Gasteiger partial charge in [-0.25, -0.2) is 4.39 Å². The second kappa shape index (κ2) is 7.04. The van der Waals surface area contributed by atoms with E-state index in [0.717, 1.165) is 31.0 Å². The molecule has 1 rings (SSSR count). The van der Waals surface area contributed by atoms with E-state index < -0.39 is 22.3 Å². The van der Waals surface area contributed by atoms with E-state index in [-0.39, 0.29) is 17.5 Å². The van der Waals surface area contributed by atoms with E-state index in [9.17, 15) is 19.3 Å². The first-order valence-electron chi connectivity index (χ1n) is 5.82.